The Morgan fingerprint density at radius 1 is 0.909 bits per heavy atom. The highest BCUT2D eigenvalue weighted by atomic mass is 13.7. The molecule has 0 aromatic heterocycles. The van der Waals surface area contributed by atoms with Crippen molar-refractivity contribution in [3.8, 4) is 0 Å². The molecule has 0 unspecified atom stereocenters. The lowest BCUT2D eigenvalue weighted by Gasteiger charge is -1.74. The molecule has 0 nitrogen and oxygen atoms in total. The van der Waals surface area contributed by atoms with E-state index in [1.54, 1.807) is 0 Å². The van der Waals surface area contributed by atoms with Crippen molar-refractivity contribution in [1.82, 2.24) is 0 Å². The normalized spacial score (nSPS) is 4.64. The highest BCUT2D eigenvalue weighted by molar-refractivity contribution is 4.88. The largest absolute Gasteiger partial charge is 0.106 e. The van der Waals surface area contributed by atoms with Crippen LogP contribution >= 0.6 is 0 Å². The molecule has 0 aliphatic carbocycles. The molecule has 70 valence electrons. The molecule has 0 radical (unpaired) electrons. The lowest BCUT2D eigenvalue weighted by molar-refractivity contribution is 1.36. The van der Waals surface area contributed by atoms with E-state index in [1.165, 1.54) is 5.57 Å². The first-order chi connectivity index (χ1) is 5.27. The molecular formula is C11H26. The van der Waals surface area contributed by atoms with Gasteiger partial charge in [-0.05, 0) is 20.8 Å². The van der Waals surface area contributed by atoms with E-state index in [4.69, 9.17) is 0 Å². The van der Waals surface area contributed by atoms with Crippen LogP contribution in [0.15, 0.2) is 24.8 Å². The standard InChI is InChI=1S/C5H10.2C2H6.C2H4/c1-4-5(2)3;3*1-2/h4H,1-3H3;2*1-2H3;1-2H2. The number of rotatable bonds is 0. The van der Waals surface area contributed by atoms with E-state index in [-0.39, 0.29) is 0 Å². The van der Waals surface area contributed by atoms with E-state index in [1.807, 2.05) is 34.6 Å². The van der Waals surface area contributed by atoms with Crippen LogP contribution in [0, 0.1) is 0 Å². The predicted molar refractivity (Wildman–Crippen MR) is 59.1 cm³/mol. The van der Waals surface area contributed by atoms with Gasteiger partial charge in [0.2, 0.25) is 0 Å². The summed E-state index contributed by atoms with van der Waals surface area (Å²) in [5.74, 6) is 0. The molecule has 0 aliphatic heterocycles. The maximum absolute atomic E-state index is 3.00. The minimum absolute atomic E-state index is 1.38. The van der Waals surface area contributed by atoms with Gasteiger partial charge in [0.15, 0.2) is 0 Å². The summed E-state index contributed by atoms with van der Waals surface area (Å²) in [6, 6.07) is 0. The van der Waals surface area contributed by atoms with E-state index >= 15 is 0 Å². The summed E-state index contributed by atoms with van der Waals surface area (Å²) < 4.78 is 0. The van der Waals surface area contributed by atoms with Gasteiger partial charge in [0.05, 0.1) is 0 Å². The molecule has 0 spiro atoms. The Hall–Kier alpha value is -0.520. The highest BCUT2D eigenvalue weighted by Crippen LogP contribution is 1.82. The van der Waals surface area contributed by atoms with E-state index in [0.29, 0.717) is 0 Å². The zero-order valence-electron chi connectivity index (χ0n) is 9.49. The summed E-state index contributed by atoms with van der Waals surface area (Å²) in [7, 11) is 0. The van der Waals surface area contributed by atoms with Crippen molar-refractivity contribution in [3.05, 3.63) is 24.8 Å². The van der Waals surface area contributed by atoms with Crippen molar-refractivity contribution in [2.45, 2.75) is 48.5 Å². The molecule has 0 fully saturated rings. The molecule has 0 aromatic carbocycles. The molecule has 0 heteroatoms. The van der Waals surface area contributed by atoms with Crippen molar-refractivity contribution in [1.29, 1.82) is 0 Å². The van der Waals surface area contributed by atoms with Crippen LogP contribution in [0.1, 0.15) is 48.5 Å². The van der Waals surface area contributed by atoms with Crippen molar-refractivity contribution < 1.29 is 0 Å². The Morgan fingerprint density at radius 3 is 1.00 bits per heavy atom. The van der Waals surface area contributed by atoms with Crippen LogP contribution in [0.3, 0.4) is 0 Å². The lowest BCUT2D eigenvalue weighted by Crippen LogP contribution is -1.52. The quantitative estimate of drug-likeness (QED) is 0.443. The molecule has 0 amide bonds. The first-order valence-corrected chi connectivity index (χ1v) is 4.37. The van der Waals surface area contributed by atoms with Gasteiger partial charge >= 0.3 is 0 Å². The summed E-state index contributed by atoms with van der Waals surface area (Å²) >= 11 is 0. The SMILES string of the molecule is C=C.CC.CC.CC=C(C)C. The van der Waals surface area contributed by atoms with Crippen LogP contribution in [0.25, 0.3) is 0 Å². The fraction of sp³-hybridized carbons (Fsp3) is 0.636. The Bertz CT molecular complexity index is 47.1. The molecule has 0 saturated carbocycles. The zero-order chi connectivity index (χ0) is 10.3. The fourth-order valence-corrected chi connectivity index (χ4v) is 0. The van der Waals surface area contributed by atoms with Gasteiger partial charge in [-0.1, -0.05) is 39.3 Å². The third-order valence-corrected chi connectivity index (χ3v) is 0.577. The molecule has 11 heavy (non-hydrogen) atoms. The number of allylic oxidation sites excluding steroid dienone is 2. The van der Waals surface area contributed by atoms with Gasteiger partial charge < -0.3 is 0 Å². The highest BCUT2D eigenvalue weighted by Gasteiger charge is 1.60. The molecular weight excluding hydrogens is 132 g/mol. The van der Waals surface area contributed by atoms with Gasteiger partial charge in [-0.3, -0.25) is 0 Å². The summed E-state index contributed by atoms with van der Waals surface area (Å²) in [4.78, 5) is 0. The second-order valence-electron chi connectivity index (χ2n) is 1.37. The smallest absolute Gasteiger partial charge is 0.0442 e. The third-order valence-electron chi connectivity index (χ3n) is 0.577. The Kier molecular flexibility index (Phi) is 115. The van der Waals surface area contributed by atoms with Gasteiger partial charge in [0.1, 0.15) is 0 Å². The van der Waals surface area contributed by atoms with Crippen LogP contribution in [-0.4, -0.2) is 0 Å². The maximum Gasteiger partial charge on any atom is -0.0442 e. The van der Waals surface area contributed by atoms with Crippen molar-refractivity contribution in [3.63, 3.8) is 0 Å². The van der Waals surface area contributed by atoms with Gasteiger partial charge in [-0.25, -0.2) is 0 Å². The van der Waals surface area contributed by atoms with Gasteiger partial charge in [-0.15, -0.1) is 13.2 Å². The summed E-state index contributed by atoms with van der Waals surface area (Å²) in [6.45, 7) is 20.2. The molecule has 0 heterocycles. The van der Waals surface area contributed by atoms with Crippen LogP contribution in [0.4, 0.5) is 0 Å². The van der Waals surface area contributed by atoms with E-state index in [0.717, 1.165) is 0 Å². The average molecular weight is 158 g/mol. The summed E-state index contributed by atoms with van der Waals surface area (Å²) in [5.41, 5.74) is 1.38. The van der Waals surface area contributed by atoms with Crippen LogP contribution < -0.4 is 0 Å². The predicted octanol–water partition coefficient (Wildman–Crippen LogP) is 4.83. The Morgan fingerprint density at radius 2 is 1.00 bits per heavy atom. The van der Waals surface area contributed by atoms with Gasteiger partial charge in [0, 0.05) is 0 Å². The first-order valence-electron chi connectivity index (χ1n) is 4.37. The van der Waals surface area contributed by atoms with Crippen LogP contribution in [0.5, 0.6) is 0 Å². The maximum atomic E-state index is 3.00. The second-order valence-corrected chi connectivity index (χ2v) is 1.37. The van der Waals surface area contributed by atoms with Gasteiger partial charge in [-0.2, -0.15) is 0 Å². The number of hydrogen-bond donors (Lipinski definition) is 0. The molecule has 0 bridgehead atoms. The van der Waals surface area contributed by atoms with E-state index in [2.05, 4.69) is 33.1 Å². The summed E-state index contributed by atoms with van der Waals surface area (Å²) in [6.07, 6.45) is 2.08. The zero-order valence-corrected chi connectivity index (χ0v) is 9.49. The number of hydrogen-bond acceptors (Lipinski definition) is 0. The van der Waals surface area contributed by atoms with Crippen molar-refractivity contribution in [2.75, 3.05) is 0 Å². The van der Waals surface area contributed by atoms with Crippen molar-refractivity contribution in [2.24, 2.45) is 0 Å². The molecule has 0 atom stereocenters. The minimum atomic E-state index is 1.38. The average Bonchev–Trinajstić information content (AvgIpc) is 2.15. The van der Waals surface area contributed by atoms with Crippen molar-refractivity contribution >= 4 is 0 Å². The first kappa shape index (κ1) is 22.4. The monoisotopic (exact) mass is 158 g/mol. The topological polar surface area (TPSA) is 0 Å². The molecule has 0 aliphatic rings. The third kappa shape index (κ3) is 242. The molecule has 0 aromatic rings. The fourth-order valence-electron chi connectivity index (χ4n) is 0. The van der Waals surface area contributed by atoms with E-state index in [9.17, 15) is 0 Å². The Labute approximate surface area is 74.0 Å². The molecule has 0 N–H and O–H groups in total. The van der Waals surface area contributed by atoms with Gasteiger partial charge in [0.25, 0.3) is 0 Å². The summed E-state index contributed by atoms with van der Waals surface area (Å²) in [5, 5.41) is 0. The molecule has 0 saturated heterocycles. The Balaban J connectivity index is -0.0000000350. The van der Waals surface area contributed by atoms with Crippen LogP contribution in [0.2, 0.25) is 0 Å². The van der Waals surface area contributed by atoms with Crippen LogP contribution in [-0.2, 0) is 0 Å². The van der Waals surface area contributed by atoms with E-state index < -0.39 is 0 Å². The minimum Gasteiger partial charge on any atom is -0.106 e. The second kappa shape index (κ2) is 56.3. The lowest BCUT2D eigenvalue weighted by atomic mass is 10.3. The molecule has 0 rings (SSSR count).